The van der Waals surface area contributed by atoms with Crippen molar-refractivity contribution in [2.75, 3.05) is 6.79 Å². The summed E-state index contributed by atoms with van der Waals surface area (Å²) in [6.45, 7) is 4.34. The first-order valence-electron chi connectivity index (χ1n) is 10.2. The quantitative estimate of drug-likeness (QED) is 0.599. The van der Waals surface area contributed by atoms with E-state index in [9.17, 15) is 4.79 Å². The van der Waals surface area contributed by atoms with Crippen molar-refractivity contribution in [1.29, 1.82) is 0 Å². The van der Waals surface area contributed by atoms with Crippen molar-refractivity contribution in [3.05, 3.63) is 60.0 Å². The molecule has 0 radical (unpaired) electrons. The van der Waals surface area contributed by atoms with E-state index in [0.717, 1.165) is 17.5 Å². The molecule has 4 rings (SSSR count). The van der Waals surface area contributed by atoms with Crippen LogP contribution in [-0.4, -0.2) is 22.8 Å². The van der Waals surface area contributed by atoms with E-state index in [4.69, 9.17) is 14.0 Å². The molecule has 7 nitrogen and oxygen atoms in total. The average Bonchev–Trinajstić information content (AvgIpc) is 3.45. The zero-order valence-corrected chi connectivity index (χ0v) is 17.1. The number of carbonyl (C=O) groups excluding carboxylic acids is 1. The van der Waals surface area contributed by atoms with Crippen LogP contribution in [0.4, 0.5) is 0 Å². The minimum Gasteiger partial charge on any atom is -0.454 e. The molecular weight excluding hydrogens is 382 g/mol. The van der Waals surface area contributed by atoms with Crippen molar-refractivity contribution < 1.29 is 18.8 Å². The van der Waals surface area contributed by atoms with E-state index < -0.39 is 0 Å². The summed E-state index contributed by atoms with van der Waals surface area (Å²) in [4.78, 5) is 17.2. The number of hydrogen-bond donors (Lipinski definition) is 1. The zero-order valence-electron chi connectivity index (χ0n) is 17.1. The lowest BCUT2D eigenvalue weighted by Gasteiger charge is -2.20. The highest BCUT2D eigenvalue weighted by atomic mass is 16.7. The number of amides is 1. The minimum atomic E-state index is -0.339. The number of nitrogens with zero attached hydrogens (tertiary/aromatic N) is 2. The van der Waals surface area contributed by atoms with E-state index in [1.54, 1.807) is 0 Å². The summed E-state index contributed by atoms with van der Waals surface area (Å²) in [5, 5.41) is 7.20. The highest BCUT2D eigenvalue weighted by Gasteiger charge is 2.27. The number of ether oxygens (including phenoxy) is 2. The van der Waals surface area contributed by atoms with E-state index in [1.165, 1.54) is 0 Å². The number of benzene rings is 2. The number of rotatable bonds is 8. The fourth-order valence-electron chi connectivity index (χ4n) is 3.35. The molecule has 7 heteroatoms. The molecule has 0 spiro atoms. The molecule has 1 amide bonds. The third-order valence-corrected chi connectivity index (χ3v) is 5.35. The van der Waals surface area contributed by atoms with Crippen LogP contribution in [0.5, 0.6) is 11.5 Å². The molecule has 2 heterocycles. The predicted molar refractivity (Wildman–Crippen MR) is 111 cm³/mol. The van der Waals surface area contributed by atoms with Gasteiger partial charge in [-0.15, -0.1) is 0 Å². The third-order valence-electron chi connectivity index (χ3n) is 5.35. The second kappa shape index (κ2) is 8.98. The maximum Gasteiger partial charge on any atom is 0.249 e. The molecule has 1 aliphatic heterocycles. The van der Waals surface area contributed by atoms with Crippen LogP contribution in [0, 0.1) is 5.92 Å². The molecule has 0 unspecified atom stereocenters. The molecule has 2 aromatic carbocycles. The number of fused-ring (bicyclic) bond motifs is 1. The molecule has 0 bridgehead atoms. The van der Waals surface area contributed by atoms with Gasteiger partial charge in [-0.1, -0.05) is 55.8 Å². The summed E-state index contributed by atoms with van der Waals surface area (Å²) >= 11 is 0. The van der Waals surface area contributed by atoms with Crippen LogP contribution in [0.15, 0.2) is 53.1 Å². The van der Waals surface area contributed by atoms with Gasteiger partial charge in [0.2, 0.25) is 24.4 Å². The molecule has 0 saturated heterocycles. The maximum absolute atomic E-state index is 12.6. The Labute approximate surface area is 175 Å². The summed E-state index contributed by atoms with van der Waals surface area (Å²) in [6, 6.07) is 15.1. The van der Waals surface area contributed by atoms with E-state index in [1.807, 2.05) is 48.5 Å². The summed E-state index contributed by atoms with van der Waals surface area (Å²) in [6.07, 6.45) is 1.96. The summed E-state index contributed by atoms with van der Waals surface area (Å²) in [5.74, 6) is 2.33. The van der Waals surface area contributed by atoms with Crippen LogP contribution >= 0.6 is 0 Å². The Morgan fingerprint density at radius 3 is 2.73 bits per heavy atom. The molecule has 2 atom stereocenters. The fourth-order valence-corrected chi connectivity index (χ4v) is 3.35. The van der Waals surface area contributed by atoms with Gasteiger partial charge in [-0.05, 0) is 36.1 Å². The van der Waals surface area contributed by atoms with E-state index in [-0.39, 0.29) is 24.7 Å². The van der Waals surface area contributed by atoms with Crippen molar-refractivity contribution in [2.45, 2.75) is 39.2 Å². The predicted octanol–water partition coefficient (Wildman–Crippen LogP) is 4.30. The molecule has 3 aromatic rings. The monoisotopic (exact) mass is 407 g/mol. The summed E-state index contributed by atoms with van der Waals surface area (Å²) in [7, 11) is 0. The number of nitrogens with one attached hydrogen (secondary N) is 1. The molecule has 1 aromatic heterocycles. The first kappa shape index (κ1) is 19.9. The van der Waals surface area contributed by atoms with Gasteiger partial charge in [-0.3, -0.25) is 4.79 Å². The highest BCUT2D eigenvalue weighted by molar-refractivity contribution is 5.76. The number of carbonyl (C=O) groups is 1. The normalized spacial score (nSPS) is 14.3. The molecule has 0 saturated carbocycles. The zero-order chi connectivity index (χ0) is 20.9. The molecule has 0 aliphatic carbocycles. The molecule has 0 fully saturated rings. The fraction of sp³-hybridized carbons (Fsp3) is 0.348. The smallest absolute Gasteiger partial charge is 0.249 e. The van der Waals surface area contributed by atoms with Crippen LogP contribution in [0.3, 0.4) is 0 Å². The van der Waals surface area contributed by atoms with E-state index in [2.05, 4.69) is 29.3 Å². The van der Waals surface area contributed by atoms with Crippen molar-refractivity contribution >= 4 is 5.91 Å². The third kappa shape index (κ3) is 4.45. The van der Waals surface area contributed by atoms with Crippen LogP contribution in [-0.2, 0) is 11.2 Å². The SMILES string of the molecule is CC[C@H](C)[C@@H](NC(=O)CCc1ccccc1)c1nc(-c2ccc3c(c2)OCO3)no1. The topological polar surface area (TPSA) is 86.5 Å². The first-order chi connectivity index (χ1) is 14.6. The van der Waals surface area contributed by atoms with Crippen molar-refractivity contribution in [2.24, 2.45) is 5.92 Å². The largest absolute Gasteiger partial charge is 0.454 e. The van der Waals surface area contributed by atoms with Gasteiger partial charge in [0.15, 0.2) is 11.5 Å². The number of aryl methyl sites for hydroxylation is 1. The van der Waals surface area contributed by atoms with Gasteiger partial charge in [-0.2, -0.15) is 4.98 Å². The van der Waals surface area contributed by atoms with E-state index in [0.29, 0.717) is 36.1 Å². The summed E-state index contributed by atoms with van der Waals surface area (Å²) in [5.41, 5.74) is 1.91. The van der Waals surface area contributed by atoms with Gasteiger partial charge in [-0.25, -0.2) is 0 Å². The van der Waals surface area contributed by atoms with Crippen LogP contribution in [0.1, 0.15) is 44.2 Å². The lowest BCUT2D eigenvalue weighted by molar-refractivity contribution is -0.122. The molecule has 1 aliphatic rings. The van der Waals surface area contributed by atoms with Gasteiger partial charge < -0.3 is 19.3 Å². The highest BCUT2D eigenvalue weighted by Crippen LogP contribution is 2.35. The lowest BCUT2D eigenvalue weighted by Crippen LogP contribution is -2.32. The Hall–Kier alpha value is -3.35. The second-order valence-electron chi connectivity index (χ2n) is 7.44. The van der Waals surface area contributed by atoms with Crippen LogP contribution in [0.25, 0.3) is 11.4 Å². The Balaban J connectivity index is 1.46. The Kier molecular flexibility index (Phi) is 5.97. The number of hydrogen-bond acceptors (Lipinski definition) is 6. The molecule has 156 valence electrons. The Morgan fingerprint density at radius 1 is 1.13 bits per heavy atom. The maximum atomic E-state index is 12.6. The van der Waals surface area contributed by atoms with Crippen LogP contribution in [0.2, 0.25) is 0 Å². The number of aromatic nitrogens is 2. The lowest BCUT2D eigenvalue weighted by atomic mass is 9.98. The van der Waals surface area contributed by atoms with Gasteiger partial charge in [0.1, 0.15) is 6.04 Å². The minimum absolute atomic E-state index is 0.0352. The molecular formula is C23H25N3O4. The van der Waals surface area contributed by atoms with Crippen molar-refractivity contribution in [3.8, 4) is 22.9 Å². The summed E-state index contributed by atoms with van der Waals surface area (Å²) < 4.78 is 16.3. The van der Waals surface area contributed by atoms with Crippen LogP contribution < -0.4 is 14.8 Å². The molecule has 30 heavy (non-hydrogen) atoms. The molecule has 1 N–H and O–H groups in total. The van der Waals surface area contributed by atoms with Gasteiger partial charge >= 0.3 is 0 Å². The van der Waals surface area contributed by atoms with Gasteiger partial charge in [0.25, 0.3) is 0 Å². The second-order valence-corrected chi connectivity index (χ2v) is 7.44. The van der Waals surface area contributed by atoms with E-state index >= 15 is 0 Å². The average molecular weight is 407 g/mol. The van der Waals surface area contributed by atoms with Gasteiger partial charge in [0, 0.05) is 12.0 Å². The van der Waals surface area contributed by atoms with Crippen molar-refractivity contribution in [3.63, 3.8) is 0 Å². The Bertz CT molecular complexity index is 1000. The first-order valence-corrected chi connectivity index (χ1v) is 10.2. The van der Waals surface area contributed by atoms with Gasteiger partial charge in [0.05, 0.1) is 0 Å². The van der Waals surface area contributed by atoms with Crippen molar-refractivity contribution in [1.82, 2.24) is 15.5 Å². The Morgan fingerprint density at radius 2 is 1.93 bits per heavy atom. The standard InChI is InChI=1S/C23H25N3O4/c1-3-15(2)21(24-20(27)12-9-16-7-5-4-6-8-16)23-25-22(26-30-23)17-10-11-18-19(13-17)29-14-28-18/h4-8,10-11,13,15,21H,3,9,12,14H2,1-2H3,(H,24,27)/t15-,21+/m0/s1.